The summed E-state index contributed by atoms with van der Waals surface area (Å²) < 4.78 is 18.8. The number of alkyl carbamates (subject to hydrolysis) is 1. The van der Waals surface area contributed by atoms with Crippen LogP contribution in [-0.2, 0) is 20.7 Å². The molecule has 2 rings (SSSR count). The van der Waals surface area contributed by atoms with Crippen LogP contribution in [0.4, 0.5) is 9.18 Å². The summed E-state index contributed by atoms with van der Waals surface area (Å²) in [4.78, 5) is 36.2. The molecule has 148 valence electrons. The van der Waals surface area contributed by atoms with Gasteiger partial charge in [0, 0.05) is 6.04 Å². The molecule has 0 radical (unpaired) electrons. The van der Waals surface area contributed by atoms with Crippen molar-refractivity contribution >= 4 is 17.9 Å². The Bertz CT molecular complexity index is 702. The van der Waals surface area contributed by atoms with Gasteiger partial charge in [0.05, 0.1) is 12.3 Å². The fourth-order valence-corrected chi connectivity index (χ4v) is 2.99. The Kier molecular flexibility index (Phi) is 6.76. The summed E-state index contributed by atoms with van der Waals surface area (Å²) in [5, 5.41) is 2.72. The molecular weight excluding hydrogens is 353 g/mol. The van der Waals surface area contributed by atoms with Crippen molar-refractivity contribution in [2.45, 2.75) is 58.1 Å². The van der Waals surface area contributed by atoms with Crippen LogP contribution in [0.2, 0.25) is 0 Å². The fraction of sp³-hybridized carbons (Fsp3) is 0.526. The Morgan fingerprint density at radius 2 is 1.85 bits per heavy atom. The lowest BCUT2D eigenvalue weighted by molar-refractivity contribution is -0.131. The first-order valence-corrected chi connectivity index (χ1v) is 8.97. The molecular formula is C19H26FN3O4. The van der Waals surface area contributed by atoms with Gasteiger partial charge < -0.3 is 10.1 Å². The molecule has 7 nitrogen and oxygen atoms in total. The number of rotatable bonds is 4. The molecule has 3 N–H and O–H groups in total. The van der Waals surface area contributed by atoms with Gasteiger partial charge in [0.1, 0.15) is 11.4 Å². The van der Waals surface area contributed by atoms with Crippen molar-refractivity contribution in [2.75, 3.05) is 0 Å². The topological polar surface area (TPSA) is 96.5 Å². The van der Waals surface area contributed by atoms with Gasteiger partial charge in [-0.25, -0.2) is 9.18 Å². The van der Waals surface area contributed by atoms with Gasteiger partial charge in [-0.1, -0.05) is 24.6 Å². The molecule has 8 heteroatoms. The van der Waals surface area contributed by atoms with Crippen LogP contribution in [-0.4, -0.2) is 29.6 Å². The minimum atomic E-state index is -0.624. The average Bonchev–Trinajstić information content (AvgIpc) is 3.01. The van der Waals surface area contributed by atoms with E-state index in [-0.39, 0.29) is 18.0 Å². The monoisotopic (exact) mass is 379 g/mol. The second-order valence-corrected chi connectivity index (χ2v) is 7.60. The van der Waals surface area contributed by atoms with Gasteiger partial charge >= 0.3 is 6.09 Å². The zero-order valence-electron chi connectivity index (χ0n) is 15.8. The molecule has 0 saturated heterocycles. The first-order valence-electron chi connectivity index (χ1n) is 8.97. The largest absolute Gasteiger partial charge is 0.444 e. The molecule has 0 aromatic heterocycles. The Hall–Kier alpha value is -2.64. The number of hydrazine groups is 1. The van der Waals surface area contributed by atoms with Crippen molar-refractivity contribution < 1.29 is 23.5 Å². The molecule has 1 aliphatic carbocycles. The van der Waals surface area contributed by atoms with Crippen molar-refractivity contribution in [1.82, 2.24) is 16.2 Å². The van der Waals surface area contributed by atoms with E-state index in [1.807, 2.05) is 0 Å². The van der Waals surface area contributed by atoms with Crippen LogP contribution in [0.25, 0.3) is 0 Å². The smallest absolute Gasteiger partial charge is 0.407 e. The molecule has 27 heavy (non-hydrogen) atoms. The quantitative estimate of drug-likeness (QED) is 0.699. The molecule has 1 aromatic rings. The Labute approximate surface area is 158 Å². The number of carbonyl (C=O) groups excluding carboxylic acids is 3. The van der Waals surface area contributed by atoms with Crippen molar-refractivity contribution in [2.24, 2.45) is 5.92 Å². The van der Waals surface area contributed by atoms with E-state index in [1.165, 1.54) is 18.2 Å². The standard InChI is InChI=1S/C19H26FN3O4/c1-19(2,3)27-18(26)21-15-10-6-8-13(15)17(25)23-22-16(24)11-12-7-4-5-9-14(12)20/h4-5,7,9,13,15H,6,8,10-11H2,1-3H3,(H,21,26)(H,22,24)(H,23,25). The number of halogens is 1. The maximum absolute atomic E-state index is 13.6. The molecule has 0 spiro atoms. The van der Waals surface area contributed by atoms with Crippen LogP contribution in [0.1, 0.15) is 45.6 Å². The minimum Gasteiger partial charge on any atom is -0.444 e. The maximum Gasteiger partial charge on any atom is 0.407 e. The highest BCUT2D eigenvalue weighted by Crippen LogP contribution is 2.26. The Morgan fingerprint density at radius 1 is 1.15 bits per heavy atom. The number of benzene rings is 1. The summed E-state index contributed by atoms with van der Waals surface area (Å²) in [5.74, 6) is -1.86. The normalized spacial score (nSPS) is 19.3. The first kappa shape index (κ1) is 20.7. The Balaban J connectivity index is 1.82. The van der Waals surface area contributed by atoms with Crippen LogP contribution in [0, 0.1) is 11.7 Å². The summed E-state index contributed by atoms with van der Waals surface area (Å²) in [5.41, 5.74) is 4.28. The van der Waals surface area contributed by atoms with Crippen molar-refractivity contribution in [3.05, 3.63) is 35.6 Å². The van der Waals surface area contributed by atoms with E-state index in [1.54, 1.807) is 26.8 Å². The second-order valence-electron chi connectivity index (χ2n) is 7.60. The molecule has 1 aliphatic rings. The van der Waals surface area contributed by atoms with Gasteiger partial charge in [0.25, 0.3) is 0 Å². The van der Waals surface area contributed by atoms with E-state index in [0.717, 1.165) is 6.42 Å². The van der Waals surface area contributed by atoms with Gasteiger partial charge in [-0.2, -0.15) is 0 Å². The SMILES string of the molecule is CC(C)(C)OC(=O)NC1CCCC1C(=O)NNC(=O)Cc1ccccc1F. The summed E-state index contributed by atoms with van der Waals surface area (Å²) in [6.07, 6.45) is 1.27. The molecule has 1 saturated carbocycles. The van der Waals surface area contributed by atoms with Crippen LogP contribution in [0.15, 0.2) is 24.3 Å². The highest BCUT2D eigenvalue weighted by molar-refractivity contribution is 5.85. The van der Waals surface area contributed by atoms with Gasteiger partial charge in [0.2, 0.25) is 11.8 Å². The minimum absolute atomic E-state index is 0.183. The Morgan fingerprint density at radius 3 is 2.52 bits per heavy atom. The maximum atomic E-state index is 13.6. The van der Waals surface area contributed by atoms with Crippen molar-refractivity contribution in [3.63, 3.8) is 0 Å². The fourth-order valence-electron chi connectivity index (χ4n) is 2.99. The third kappa shape index (κ3) is 6.54. The lowest BCUT2D eigenvalue weighted by atomic mass is 10.0. The molecule has 2 atom stereocenters. The van der Waals surface area contributed by atoms with Crippen molar-refractivity contribution in [3.8, 4) is 0 Å². The van der Waals surface area contributed by atoms with Crippen LogP contribution in [0.3, 0.4) is 0 Å². The van der Waals surface area contributed by atoms with Crippen LogP contribution < -0.4 is 16.2 Å². The molecule has 1 aromatic carbocycles. The third-order valence-corrected chi connectivity index (χ3v) is 4.19. The number of hydrogen-bond donors (Lipinski definition) is 3. The molecule has 3 amide bonds. The van der Waals surface area contributed by atoms with Gasteiger partial charge in [-0.3, -0.25) is 20.4 Å². The molecule has 0 bridgehead atoms. The van der Waals surface area contributed by atoms with Gasteiger partial charge in [0.15, 0.2) is 0 Å². The summed E-state index contributed by atoms with van der Waals surface area (Å²) in [7, 11) is 0. The summed E-state index contributed by atoms with van der Waals surface area (Å²) >= 11 is 0. The lowest BCUT2D eigenvalue weighted by Crippen LogP contribution is -2.50. The highest BCUT2D eigenvalue weighted by Gasteiger charge is 2.35. The number of nitrogens with one attached hydrogen (secondary N) is 3. The van der Waals surface area contributed by atoms with Gasteiger partial charge in [-0.05, 0) is 45.2 Å². The van der Waals surface area contributed by atoms with E-state index in [4.69, 9.17) is 4.74 Å². The molecule has 0 heterocycles. The predicted molar refractivity (Wildman–Crippen MR) is 96.9 cm³/mol. The van der Waals surface area contributed by atoms with Crippen molar-refractivity contribution in [1.29, 1.82) is 0 Å². The molecule has 2 unspecified atom stereocenters. The predicted octanol–water partition coefficient (Wildman–Crippen LogP) is 2.21. The second kappa shape index (κ2) is 8.83. The van der Waals surface area contributed by atoms with Crippen LogP contribution in [0.5, 0.6) is 0 Å². The van der Waals surface area contributed by atoms with E-state index in [9.17, 15) is 18.8 Å². The molecule has 0 aliphatic heterocycles. The number of ether oxygens (including phenoxy) is 1. The number of hydrogen-bond acceptors (Lipinski definition) is 4. The number of amides is 3. The zero-order valence-corrected chi connectivity index (χ0v) is 15.8. The van der Waals surface area contributed by atoms with Crippen LogP contribution >= 0.6 is 0 Å². The average molecular weight is 379 g/mol. The van der Waals surface area contributed by atoms with E-state index >= 15 is 0 Å². The van der Waals surface area contributed by atoms with Gasteiger partial charge in [-0.15, -0.1) is 0 Å². The van der Waals surface area contributed by atoms with E-state index in [0.29, 0.717) is 12.8 Å². The summed E-state index contributed by atoms with van der Waals surface area (Å²) in [6.45, 7) is 5.28. The first-order chi connectivity index (χ1) is 12.7. The van der Waals surface area contributed by atoms with E-state index < -0.39 is 35.2 Å². The third-order valence-electron chi connectivity index (χ3n) is 4.19. The number of carbonyl (C=O) groups is 3. The van der Waals surface area contributed by atoms with E-state index in [2.05, 4.69) is 16.2 Å². The lowest BCUT2D eigenvalue weighted by Gasteiger charge is -2.24. The molecule has 1 fully saturated rings. The summed E-state index contributed by atoms with van der Waals surface area (Å²) in [6, 6.07) is 5.59. The zero-order chi connectivity index (χ0) is 20.0. The highest BCUT2D eigenvalue weighted by atomic mass is 19.1.